The molecule has 15 heavy (non-hydrogen) atoms. The van der Waals surface area contributed by atoms with Crippen molar-refractivity contribution in [2.45, 2.75) is 57.8 Å². The molecule has 0 spiro atoms. The molecule has 0 atom stereocenters. The maximum Gasteiger partial charge on any atom is -0.00496 e. The molecular weight excluding hydrogens is 180 g/mol. The number of aryl methyl sites for hydroxylation is 1. The molecule has 0 aliphatic heterocycles. The lowest BCUT2D eigenvalue weighted by molar-refractivity contribution is 0.283. The van der Waals surface area contributed by atoms with Crippen molar-refractivity contribution in [3.05, 3.63) is 35.4 Å². The summed E-state index contributed by atoms with van der Waals surface area (Å²) >= 11 is 0. The van der Waals surface area contributed by atoms with Gasteiger partial charge in [-0.2, -0.15) is 0 Å². The van der Waals surface area contributed by atoms with E-state index in [1.165, 1.54) is 44.1 Å². The lowest BCUT2D eigenvalue weighted by Gasteiger charge is -2.37. The molecule has 82 valence electrons. The van der Waals surface area contributed by atoms with Gasteiger partial charge >= 0.3 is 0 Å². The molecule has 0 unspecified atom stereocenters. The molecule has 1 aliphatic rings. The quantitative estimate of drug-likeness (QED) is 0.657. The Bertz CT molecular complexity index is 301. The SMILES string of the molecule is CCC1(c2ccc(C)cc2)CCCCC1. The van der Waals surface area contributed by atoms with Crippen LogP contribution in [0.1, 0.15) is 56.6 Å². The van der Waals surface area contributed by atoms with Gasteiger partial charge in [0.1, 0.15) is 0 Å². The van der Waals surface area contributed by atoms with Crippen molar-refractivity contribution < 1.29 is 0 Å². The fourth-order valence-electron chi connectivity index (χ4n) is 2.98. The smallest absolute Gasteiger partial charge is 0.00496 e. The summed E-state index contributed by atoms with van der Waals surface area (Å²) in [6.07, 6.45) is 8.37. The van der Waals surface area contributed by atoms with Crippen LogP contribution in [0, 0.1) is 6.92 Å². The number of rotatable bonds is 2. The van der Waals surface area contributed by atoms with Crippen LogP contribution in [-0.2, 0) is 5.41 Å². The molecule has 1 saturated carbocycles. The summed E-state index contributed by atoms with van der Waals surface area (Å²) in [5.74, 6) is 0. The number of hydrogen-bond acceptors (Lipinski definition) is 0. The van der Waals surface area contributed by atoms with Crippen LogP contribution >= 0.6 is 0 Å². The van der Waals surface area contributed by atoms with Crippen LogP contribution in [-0.4, -0.2) is 0 Å². The molecule has 1 aromatic carbocycles. The van der Waals surface area contributed by atoms with E-state index >= 15 is 0 Å². The van der Waals surface area contributed by atoms with E-state index in [4.69, 9.17) is 0 Å². The molecule has 0 saturated heterocycles. The van der Waals surface area contributed by atoms with Gasteiger partial charge in [-0.3, -0.25) is 0 Å². The summed E-state index contributed by atoms with van der Waals surface area (Å²) in [6, 6.07) is 9.23. The van der Waals surface area contributed by atoms with Gasteiger partial charge in [0.15, 0.2) is 0 Å². The fourth-order valence-corrected chi connectivity index (χ4v) is 2.98. The molecule has 0 heteroatoms. The lowest BCUT2D eigenvalue weighted by atomic mass is 9.68. The minimum atomic E-state index is 0.506. The van der Waals surface area contributed by atoms with E-state index in [0.29, 0.717) is 5.41 Å². The van der Waals surface area contributed by atoms with Crippen molar-refractivity contribution in [2.24, 2.45) is 0 Å². The predicted octanol–water partition coefficient (Wildman–Crippen LogP) is 4.61. The van der Waals surface area contributed by atoms with E-state index in [1.807, 2.05) is 0 Å². The van der Waals surface area contributed by atoms with Crippen LogP contribution < -0.4 is 0 Å². The van der Waals surface area contributed by atoms with Gasteiger partial charge in [-0.05, 0) is 37.2 Å². The molecule has 0 N–H and O–H groups in total. The van der Waals surface area contributed by atoms with Crippen molar-refractivity contribution in [1.82, 2.24) is 0 Å². The van der Waals surface area contributed by atoms with Crippen LogP contribution in [0.3, 0.4) is 0 Å². The van der Waals surface area contributed by atoms with Gasteiger partial charge in [0.25, 0.3) is 0 Å². The van der Waals surface area contributed by atoms with Crippen molar-refractivity contribution in [3.8, 4) is 0 Å². The predicted molar refractivity (Wildman–Crippen MR) is 66.2 cm³/mol. The van der Waals surface area contributed by atoms with Crippen LogP contribution in [0.5, 0.6) is 0 Å². The average Bonchev–Trinajstić information content (AvgIpc) is 2.31. The minimum Gasteiger partial charge on any atom is -0.0645 e. The zero-order valence-electron chi connectivity index (χ0n) is 10.1. The first kappa shape index (κ1) is 10.7. The Labute approximate surface area is 93.7 Å². The van der Waals surface area contributed by atoms with Gasteiger partial charge in [0.2, 0.25) is 0 Å². The van der Waals surface area contributed by atoms with Crippen LogP contribution in [0.25, 0.3) is 0 Å². The Morgan fingerprint density at radius 3 is 2.13 bits per heavy atom. The van der Waals surface area contributed by atoms with Crippen molar-refractivity contribution in [2.75, 3.05) is 0 Å². The third-order valence-corrected chi connectivity index (χ3v) is 4.15. The molecule has 0 aromatic heterocycles. The van der Waals surface area contributed by atoms with E-state index in [9.17, 15) is 0 Å². The van der Waals surface area contributed by atoms with Crippen LogP contribution in [0.15, 0.2) is 24.3 Å². The Morgan fingerprint density at radius 1 is 1.00 bits per heavy atom. The molecule has 1 fully saturated rings. The maximum atomic E-state index is 2.35. The lowest BCUT2D eigenvalue weighted by Crippen LogP contribution is -2.28. The third-order valence-electron chi connectivity index (χ3n) is 4.15. The number of benzene rings is 1. The van der Waals surface area contributed by atoms with E-state index in [0.717, 1.165) is 0 Å². The van der Waals surface area contributed by atoms with Gasteiger partial charge in [-0.25, -0.2) is 0 Å². The molecule has 0 heterocycles. The topological polar surface area (TPSA) is 0 Å². The van der Waals surface area contributed by atoms with Gasteiger partial charge in [0.05, 0.1) is 0 Å². The minimum absolute atomic E-state index is 0.506. The van der Waals surface area contributed by atoms with Gasteiger partial charge in [-0.15, -0.1) is 0 Å². The summed E-state index contributed by atoms with van der Waals surface area (Å²) in [4.78, 5) is 0. The van der Waals surface area contributed by atoms with Crippen molar-refractivity contribution >= 4 is 0 Å². The first-order chi connectivity index (χ1) is 7.27. The zero-order valence-corrected chi connectivity index (χ0v) is 10.1. The standard InChI is InChI=1S/C15H22/c1-3-15(11-5-4-6-12-15)14-9-7-13(2)8-10-14/h7-10H,3-6,11-12H2,1-2H3. The summed E-state index contributed by atoms with van der Waals surface area (Å²) < 4.78 is 0. The van der Waals surface area contributed by atoms with Crippen molar-refractivity contribution in [1.29, 1.82) is 0 Å². The Balaban J connectivity index is 2.28. The molecule has 0 bridgehead atoms. The van der Waals surface area contributed by atoms with E-state index in [2.05, 4.69) is 38.1 Å². The normalized spacial score (nSPS) is 20.1. The first-order valence-corrected chi connectivity index (χ1v) is 6.34. The molecule has 1 aromatic rings. The van der Waals surface area contributed by atoms with Crippen LogP contribution in [0.4, 0.5) is 0 Å². The molecule has 2 rings (SSSR count). The maximum absolute atomic E-state index is 2.35. The second-order valence-corrected chi connectivity index (χ2v) is 5.06. The average molecular weight is 202 g/mol. The highest BCUT2D eigenvalue weighted by atomic mass is 14.4. The Morgan fingerprint density at radius 2 is 1.60 bits per heavy atom. The zero-order chi connectivity index (χ0) is 10.7. The van der Waals surface area contributed by atoms with Gasteiger partial charge < -0.3 is 0 Å². The second-order valence-electron chi connectivity index (χ2n) is 5.06. The monoisotopic (exact) mass is 202 g/mol. The summed E-state index contributed by atoms with van der Waals surface area (Å²) in [5, 5.41) is 0. The highest BCUT2D eigenvalue weighted by Crippen LogP contribution is 2.41. The summed E-state index contributed by atoms with van der Waals surface area (Å²) in [5.41, 5.74) is 3.46. The fraction of sp³-hybridized carbons (Fsp3) is 0.600. The summed E-state index contributed by atoms with van der Waals surface area (Å²) in [7, 11) is 0. The van der Waals surface area contributed by atoms with Gasteiger partial charge in [0, 0.05) is 0 Å². The van der Waals surface area contributed by atoms with E-state index in [1.54, 1.807) is 5.56 Å². The molecular formula is C15H22. The number of hydrogen-bond donors (Lipinski definition) is 0. The summed E-state index contributed by atoms with van der Waals surface area (Å²) in [6.45, 7) is 4.52. The molecule has 0 radical (unpaired) electrons. The Hall–Kier alpha value is -0.780. The molecule has 0 nitrogen and oxygen atoms in total. The van der Waals surface area contributed by atoms with Crippen LogP contribution in [0.2, 0.25) is 0 Å². The van der Waals surface area contributed by atoms with E-state index in [-0.39, 0.29) is 0 Å². The largest absolute Gasteiger partial charge is 0.0645 e. The second kappa shape index (κ2) is 4.38. The van der Waals surface area contributed by atoms with Crippen molar-refractivity contribution in [3.63, 3.8) is 0 Å². The van der Waals surface area contributed by atoms with Gasteiger partial charge in [-0.1, -0.05) is 56.0 Å². The molecule has 0 amide bonds. The first-order valence-electron chi connectivity index (χ1n) is 6.34. The van der Waals surface area contributed by atoms with E-state index < -0.39 is 0 Å². The highest BCUT2D eigenvalue weighted by Gasteiger charge is 2.31. The Kier molecular flexibility index (Phi) is 3.14. The third kappa shape index (κ3) is 2.09. The molecule has 1 aliphatic carbocycles. The highest BCUT2D eigenvalue weighted by molar-refractivity contribution is 5.29.